The van der Waals surface area contributed by atoms with Crippen LogP contribution < -0.4 is 0 Å². The summed E-state index contributed by atoms with van der Waals surface area (Å²) in [4.78, 5) is 10.5. The second-order valence-corrected chi connectivity index (χ2v) is 4.89. The van der Waals surface area contributed by atoms with Crippen LogP contribution in [-0.2, 0) is 4.79 Å². The highest BCUT2D eigenvalue weighted by atomic mass is 35.5. The predicted octanol–water partition coefficient (Wildman–Crippen LogP) is 3.77. The summed E-state index contributed by atoms with van der Waals surface area (Å²) >= 11 is 11.9. The molecule has 0 aromatic carbocycles. The van der Waals surface area contributed by atoms with E-state index in [9.17, 15) is 4.79 Å². The Morgan fingerprint density at radius 1 is 1.43 bits per heavy atom. The summed E-state index contributed by atoms with van der Waals surface area (Å²) in [6.07, 6.45) is 5.04. The van der Waals surface area contributed by atoms with Gasteiger partial charge in [0.1, 0.15) is 4.33 Å². The van der Waals surface area contributed by atoms with Crippen molar-refractivity contribution in [3.63, 3.8) is 0 Å². The Morgan fingerprint density at radius 2 is 2.00 bits per heavy atom. The van der Waals surface area contributed by atoms with Crippen molar-refractivity contribution >= 4 is 29.2 Å². The third kappa shape index (κ3) is 6.28. The van der Waals surface area contributed by atoms with Gasteiger partial charge in [-0.05, 0) is 19.4 Å². The van der Waals surface area contributed by atoms with E-state index in [1.165, 1.54) is 13.0 Å². The lowest BCUT2D eigenvalue weighted by atomic mass is 10.1. The third-order valence-corrected chi connectivity index (χ3v) is 2.47. The maximum atomic E-state index is 10.5. The van der Waals surface area contributed by atoms with Crippen molar-refractivity contribution < 1.29 is 9.90 Å². The zero-order valence-corrected chi connectivity index (χ0v) is 10.0. The molecule has 0 saturated carbocycles. The molecule has 0 fully saturated rings. The summed E-state index contributed by atoms with van der Waals surface area (Å²) in [6, 6.07) is 0. The van der Waals surface area contributed by atoms with Crippen LogP contribution in [0.2, 0.25) is 0 Å². The number of unbranched alkanes of at least 4 members (excludes halogenated alkanes) is 2. The van der Waals surface area contributed by atoms with Crippen LogP contribution >= 0.6 is 23.2 Å². The zero-order valence-electron chi connectivity index (χ0n) is 8.52. The van der Waals surface area contributed by atoms with E-state index in [1.54, 1.807) is 0 Å². The van der Waals surface area contributed by atoms with Crippen LogP contribution in [0.1, 0.15) is 39.5 Å². The van der Waals surface area contributed by atoms with E-state index in [-0.39, 0.29) is 5.57 Å². The van der Waals surface area contributed by atoms with Crippen molar-refractivity contribution in [2.45, 2.75) is 43.9 Å². The Balaban J connectivity index is 4.18. The first-order chi connectivity index (χ1) is 6.39. The highest BCUT2D eigenvalue weighted by Crippen LogP contribution is 2.30. The van der Waals surface area contributed by atoms with Crippen molar-refractivity contribution in [1.82, 2.24) is 0 Å². The van der Waals surface area contributed by atoms with Crippen LogP contribution in [-0.4, -0.2) is 15.4 Å². The van der Waals surface area contributed by atoms with Gasteiger partial charge in [0.15, 0.2) is 0 Å². The number of carboxylic acids is 1. The number of rotatable bonds is 6. The minimum atomic E-state index is -1.04. The molecule has 0 aromatic rings. The van der Waals surface area contributed by atoms with E-state index < -0.39 is 10.3 Å². The highest BCUT2D eigenvalue weighted by Gasteiger charge is 2.21. The third-order valence-electron chi connectivity index (χ3n) is 1.88. The molecule has 0 rings (SSSR count). The Bertz CT molecular complexity index is 222. The molecule has 14 heavy (non-hydrogen) atoms. The van der Waals surface area contributed by atoms with E-state index in [2.05, 4.69) is 6.92 Å². The molecule has 0 aromatic heterocycles. The molecule has 0 spiro atoms. The number of allylic oxidation sites excluding steroid dienone is 1. The predicted molar refractivity (Wildman–Crippen MR) is 60.0 cm³/mol. The summed E-state index contributed by atoms with van der Waals surface area (Å²) in [5.74, 6) is -0.980. The largest absolute Gasteiger partial charge is 0.478 e. The molecule has 0 atom stereocenters. The molecule has 0 aliphatic carbocycles. The average Bonchev–Trinajstić information content (AvgIpc) is 2.03. The van der Waals surface area contributed by atoms with Crippen LogP contribution in [0.4, 0.5) is 0 Å². The van der Waals surface area contributed by atoms with Crippen LogP contribution in [0.15, 0.2) is 11.6 Å². The Labute approximate surface area is 94.9 Å². The maximum absolute atomic E-state index is 10.5. The second-order valence-electron chi connectivity index (χ2n) is 3.35. The van der Waals surface area contributed by atoms with Crippen molar-refractivity contribution in [3.05, 3.63) is 11.6 Å². The Hall–Kier alpha value is -0.210. The van der Waals surface area contributed by atoms with Crippen LogP contribution in [0.25, 0.3) is 0 Å². The zero-order chi connectivity index (χ0) is 11.2. The van der Waals surface area contributed by atoms with E-state index in [4.69, 9.17) is 28.3 Å². The molecule has 4 heteroatoms. The van der Waals surface area contributed by atoms with Crippen LogP contribution in [0.5, 0.6) is 0 Å². The lowest BCUT2D eigenvalue weighted by Gasteiger charge is -2.15. The first-order valence-electron chi connectivity index (χ1n) is 4.69. The Kier molecular flexibility index (Phi) is 6.21. The van der Waals surface area contributed by atoms with E-state index >= 15 is 0 Å². The van der Waals surface area contributed by atoms with Gasteiger partial charge in [0, 0.05) is 5.57 Å². The second kappa shape index (κ2) is 6.31. The molecule has 0 saturated heterocycles. The molecule has 0 amide bonds. The molecule has 1 N–H and O–H groups in total. The Morgan fingerprint density at radius 3 is 2.43 bits per heavy atom. The molecule has 2 nitrogen and oxygen atoms in total. The normalized spacial score (nSPS) is 13.0. The lowest BCUT2D eigenvalue weighted by molar-refractivity contribution is -0.132. The standard InChI is InChI=1S/C10H16Cl2O2/c1-3-4-5-6-10(11,12)7-8(2)9(13)14/h7H,3-6H2,1-2H3,(H,13,14)/b8-7+. The molecular formula is C10H16Cl2O2. The molecule has 0 radical (unpaired) electrons. The summed E-state index contributed by atoms with van der Waals surface area (Å²) in [7, 11) is 0. The van der Waals surface area contributed by atoms with E-state index in [0.717, 1.165) is 19.3 Å². The van der Waals surface area contributed by atoms with Gasteiger partial charge in [0.2, 0.25) is 0 Å². The van der Waals surface area contributed by atoms with Gasteiger partial charge in [-0.2, -0.15) is 0 Å². The number of aliphatic carboxylic acids is 1. The van der Waals surface area contributed by atoms with E-state index in [0.29, 0.717) is 6.42 Å². The minimum absolute atomic E-state index is 0.187. The maximum Gasteiger partial charge on any atom is 0.331 e. The first-order valence-corrected chi connectivity index (χ1v) is 5.45. The number of alkyl halides is 2. The molecule has 0 unspecified atom stereocenters. The fraction of sp³-hybridized carbons (Fsp3) is 0.700. The van der Waals surface area contributed by atoms with E-state index in [1.807, 2.05) is 0 Å². The number of halogens is 2. The van der Waals surface area contributed by atoms with Gasteiger partial charge in [0.05, 0.1) is 0 Å². The molecular weight excluding hydrogens is 223 g/mol. The van der Waals surface area contributed by atoms with Gasteiger partial charge in [-0.1, -0.05) is 49.4 Å². The van der Waals surface area contributed by atoms with Gasteiger partial charge in [0.25, 0.3) is 0 Å². The number of carboxylic acid groups (broad SMARTS) is 1. The van der Waals surface area contributed by atoms with Crippen molar-refractivity contribution in [1.29, 1.82) is 0 Å². The van der Waals surface area contributed by atoms with Crippen LogP contribution in [0.3, 0.4) is 0 Å². The van der Waals surface area contributed by atoms with Gasteiger partial charge < -0.3 is 5.11 Å². The van der Waals surface area contributed by atoms with Gasteiger partial charge in [-0.15, -0.1) is 0 Å². The lowest BCUT2D eigenvalue weighted by Crippen LogP contribution is -2.11. The van der Waals surface area contributed by atoms with Crippen LogP contribution in [0, 0.1) is 0 Å². The minimum Gasteiger partial charge on any atom is -0.478 e. The molecule has 0 aliphatic heterocycles. The summed E-state index contributed by atoms with van der Waals surface area (Å²) < 4.78 is -1.04. The van der Waals surface area contributed by atoms with Gasteiger partial charge >= 0.3 is 5.97 Å². The van der Waals surface area contributed by atoms with Gasteiger partial charge in [-0.3, -0.25) is 0 Å². The fourth-order valence-corrected chi connectivity index (χ4v) is 1.66. The summed E-state index contributed by atoms with van der Waals surface area (Å²) in [5.41, 5.74) is 0.187. The van der Waals surface area contributed by atoms with Crippen molar-refractivity contribution in [2.24, 2.45) is 0 Å². The summed E-state index contributed by atoms with van der Waals surface area (Å²) in [5, 5.41) is 8.63. The van der Waals surface area contributed by atoms with Crippen molar-refractivity contribution in [2.75, 3.05) is 0 Å². The number of carbonyl (C=O) groups is 1. The average molecular weight is 239 g/mol. The first kappa shape index (κ1) is 13.8. The van der Waals surface area contributed by atoms with Crippen molar-refractivity contribution in [3.8, 4) is 0 Å². The molecule has 0 bridgehead atoms. The molecule has 0 aliphatic rings. The molecule has 82 valence electrons. The molecule has 0 heterocycles. The quantitative estimate of drug-likeness (QED) is 0.435. The SMILES string of the molecule is CCCCCC(Cl)(Cl)/C=C(\C)C(=O)O. The van der Waals surface area contributed by atoms with Gasteiger partial charge in [-0.25, -0.2) is 4.79 Å². The highest BCUT2D eigenvalue weighted by molar-refractivity contribution is 6.50. The smallest absolute Gasteiger partial charge is 0.331 e. The summed E-state index contributed by atoms with van der Waals surface area (Å²) in [6.45, 7) is 3.57. The number of hydrogen-bond acceptors (Lipinski definition) is 1. The topological polar surface area (TPSA) is 37.3 Å². The monoisotopic (exact) mass is 238 g/mol. The number of hydrogen-bond donors (Lipinski definition) is 1. The fourth-order valence-electron chi connectivity index (χ4n) is 1.06.